The molecule has 0 amide bonds. The third-order valence-electron chi connectivity index (χ3n) is 6.30. The number of piperidine rings is 1. The average molecular weight is 422 g/mol. The van der Waals surface area contributed by atoms with Crippen molar-refractivity contribution in [2.75, 3.05) is 0 Å². The van der Waals surface area contributed by atoms with Crippen molar-refractivity contribution in [3.05, 3.63) is 29.3 Å². The Labute approximate surface area is 180 Å². The van der Waals surface area contributed by atoms with Crippen molar-refractivity contribution in [3.63, 3.8) is 0 Å². The van der Waals surface area contributed by atoms with Gasteiger partial charge in [-0.3, -0.25) is 0 Å². The van der Waals surface area contributed by atoms with Gasteiger partial charge in [-0.05, 0) is 77.1 Å². The minimum Gasteiger partial charge on any atom is -0.507 e. The summed E-state index contributed by atoms with van der Waals surface area (Å²) in [4.78, 5) is 0. The summed E-state index contributed by atoms with van der Waals surface area (Å²) < 4.78 is 1.89. The van der Waals surface area contributed by atoms with Gasteiger partial charge in [0.1, 0.15) is 11.3 Å². The lowest BCUT2D eigenvalue weighted by atomic mass is 9.80. The predicted octanol–water partition coefficient (Wildman–Crippen LogP) is 3.20. The number of phenolic OH excluding ortho intramolecular Hbond substituents is 1. The molecule has 31 heavy (non-hydrogen) atoms. The maximum atomic E-state index is 10.6. The second kappa shape index (κ2) is 6.71. The Morgan fingerprint density at radius 1 is 1.00 bits per heavy atom. The van der Waals surface area contributed by atoms with Gasteiger partial charge in [0.15, 0.2) is 0 Å². The number of benzene rings is 1. The molecule has 9 nitrogen and oxygen atoms in total. The van der Waals surface area contributed by atoms with Crippen molar-refractivity contribution in [2.24, 2.45) is 5.16 Å². The molecular formula is C22H27N7O2. The first-order chi connectivity index (χ1) is 14.7. The Morgan fingerprint density at radius 2 is 1.74 bits per heavy atom. The molecule has 3 N–H and O–H groups in total. The molecule has 1 aromatic carbocycles. The molecule has 0 saturated carbocycles. The molecule has 0 unspecified atom stereocenters. The van der Waals surface area contributed by atoms with Crippen LogP contribution in [0.1, 0.15) is 64.1 Å². The standard InChI is InChI=1S/C22H27N7O2/c1-21(2)10-13(11-22(3,4)27-21)29-20-18(24-28-29)9-17(23-25-20)15-7-12-5-6-16(26-31)14(12)8-19(15)30/h7-9,13,27,30-31H,5-6,10-11H2,1-4H3/b26-16+. The van der Waals surface area contributed by atoms with Gasteiger partial charge in [0.25, 0.3) is 0 Å². The lowest BCUT2D eigenvalue weighted by Crippen LogP contribution is -2.58. The Kier molecular flexibility index (Phi) is 4.30. The summed E-state index contributed by atoms with van der Waals surface area (Å²) in [5.74, 6) is 0.0738. The summed E-state index contributed by atoms with van der Waals surface area (Å²) in [6, 6.07) is 5.51. The van der Waals surface area contributed by atoms with Gasteiger partial charge in [-0.15, -0.1) is 15.3 Å². The molecule has 0 spiro atoms. The van der Waals surface area contributed by atoms with E-state index in [4.69, 9.17) is 5.21 Å². The lowest BCUT2D eigenvalue weighted by molar-refractivity contribution is 0.127. The summed E-state index contributed by atoms with van der Waals surface area (Å²) in [5, 5.41) is 44.4. The summed E-state index contributed by atoms with van der Waals surface area (Å²) in [5.41, 5.74) is 4.77. The van der Waals surface area contributed by atoms with Crippen LogP contribution in [0.2, 0.25) is 0 Å². The average Bonchev–Trinajstić information content (AvgIpc) is 3.27. The molecule has 0 bridgehead atoms. The van der Waals surface area contributed by atoms with Gasteiger partial charge in [0, 0.05) is 22.2 Å². The predicted molar refractivity (Wildman–Crippen MR) is 116 cm³/mol. The highest BCUT2D eigenvalue weighted by Crippen LogP contribution is 2.38. The van der Waals surface area contributed by atoms with E-state index < -0.39 is 0 Å². The summed E-state index contributed by atoms with van der Waals surface area (Å²) in [6.07, 6.45) is 3.24. The van der Waals surface area contributed by atoms with E-state index in [1.807, 2.05) is 16.8 Å². The van der Waals surface area contributed by atoms with E-state index in [1.54, 1.807) is 6.07 Å². The van der Waals surface area contributed by atoms with Crippen LogP contribution in [-0.4, -0.2) is 52.3 Å². The number of rotatable bonds is 2. The molecule has 0 atom stereocenters. The van der Waals surface area contributed by atoms with Crippen molar-refractivity contribution in [2.45, 2.75) is 70.5 Å². The van der Waals surface area contributed by atoms with Crippen molar-refractivity contribution in [1.82, 2.24) is 30.5 Å². The topological polar surface area (TPSA) is 121 Å². The fourth-order valence-electron chi connectivity index (χ4n) is 5.38. The van der Waals surface area contributed by atoms with Gasteiger partial charge < -0.3 is 15.6 Å². The van der Waals surface area contributed by atoms with E-state index in [0.717, 1.165) is 30.4 Å². The first-order valence-electron chi connectivity index (χ1n) is 10.6. The fraction of sp³-hybridized carbons (Fsp3) is 0.500. The molecule has 3 heterocycles. The van der Waals surface area contributed by atoms with Crippen LogP contribution in [0, 0.1) is 0 Å². The highest BCUT2D eigenvalue weighted by Gasteiger charge is 2.39. The molecule has 2 aliphatic rings. The quantitative estimate of drug-likeness (QED) is 0.429. The van der Waals surface area contributed by atoms with Gasteiger partial charge in [-0.1, -0.05) is 10.4 Å². The van der Waals surface area contributed by atoms with Crippen LogP contribution in [0.3, 0.4) is 0 Å². The van der Waals surface area contributed by atoms with Crippen molar-refractivity contribution < 1.29 is 10.3 Å². The van der Waals surface area contributed by atoms with Crippen molar-refractivity contribution >= 4 is 16.9 Å². The number of nitrogens with zero attached hydrogens (tertiary/aromatic N) is 6. The minimum absolute atomic E-state index is 0.0228. The maximum Gasteiger partial charge on any atom is 0.201 e. The van der Waals surface area contributed by atoms with Crippen molar-refractivity contribution in [3.8, 4) is 17.0 Å². The van der Waals surface area contributed by atoms with Crippen LogP contribution in [0.15, 0.2) is 23.4 Å². The van der Waals surface area contributed by atoms with Crippen LogP contribution in [0.4, 0.5) is 0 Å². The number of aryl methyl sites for hydroxylation is 1. The maximum absolute atomic E-state index is 10.6. The molecular weight excluding hydrogens is 394 g/mol. The second-order valence-electron chi connectivity index (χ2n) is 10.0. The number of hydrogen-bond donors (Lipinski definition) is 3. The Balaban J connectivity index is 1.52. The monoisotopic (exact) mass is 421 g/mol. The largest absolute Gasteiger partial charge is 0.507 e. The Bertz CT molecular complexity index is 1200. The molecule has 3 aromatic rings. The van der Waals surface area contributed by atoms with E-state index in [1.165, 1.54) is 0 Å². The molecule has 2 aromatic heterocycles. The van der Waals surface area contributed by atoms with Gasteiger partial charge in [0.05, 0.1) is 17.4 Å². The van der Waals surface area contributed by atoms with E-state index in [9.17, 15) is 5.11 Å². The molecule has 9 heteroatoms. The number of aromatic nitrogens is 5. The van der Waals surface area contributed by atoms with Crippen LogP contribution >= 0.6 is 0 Å². The van der Waals surface area contributed by atoms with E-state index in [0.29, 0.717) is 34.6 Å². The molecule has 1 saturated heterocycles. The smallest absolute Gasteiger partial charge is 0.201 e. The van der Waals surface area contributed by atoms with Gasteiger partial charge >= 0.3 is 0 Å². The molecule has 1 aliphatic heterocycles. The van der Waals surface area contributed by atoms with E-state index in [2.05, 4.69) is 58.7 Å². The molecule has 1 aliphatic carbocycles. The third-order valence-corrected chi connectivity index (χ3v) is 6.30. The summed E-state index contributed by atoms with van der Waals surface area (Å²) in [6.45, 7) is 8.81. The van der Waals surface area contributed by atoms with Crippen LogP contribution < -0.4 is 5.32 Å². The summed E-state index contributed by atoms with van der Waals surface area (Å²) >= 11 is 0. The normalized spacial score (nSPS) is 21.6. The lowest BCUT2D eigenvalue weighted by Gasteiger charge is -2.46. The minimum atomic E-state index is -0.0228. The van der Waals surface area contributed by atoms with E-state index >= 15 is 0 Å². The first-order valence-corrected chi connectivity index (χ1v) is 10.6. The fourth-order valence-corrected chi connectivity index (χ4v) is 5.38. The van der Waals surface area contributed by atoms with Gasteiger partial charge in [0.2, 0.25) is 5.65 Å². The number of nitrogens with one attached hydrogen (secondary N) is 1. The number of hydrogen-bond acceptors (Lipinski definition) is 8. The Hall–Kier alpha value is -3.07. The van der Waals surface area contributed by atoms with Crippen LogP contribution in [0.25, 0.3) is 22.4 Å². The SMILES string of the molecule is CC1(C)CC(n2nnc3cc(-c4cc5c(cc4O)/C(=N/O)CC5)nnc32)CC(C)(C)N1. The highest BCUT2D eigenvalue weighted by atomic mass is 16.4. The molecule has 162 valence electrons. The summed E-state index contributed by atoms with van der Waals surface area (Å²) in [7, 11) is 0. The molecule has 0 radical (unpaired) electrons. The van der Waals surface area contributed by atoms with Crippen LogP contribution in [-0.2, 0) is 6.42 Å². The number of phenols is 1. The highest BCUT2D eigenvalue weighted by molar-refractivity contribution is 6.05. The van der Waals surface area contributed by atoms with Crippen molar-refractivity contribution in [1.29, 1.82) is 0 Å². The second-order valence-corrected chi connectivity index (χ2v) is 10.0. The Morgan fingerprint density at radius 3 is 2.45 bits per heavy atom. The van der Waals surface area contributed by atoms with Gasteiger partial charge in [-0.2, -0.15) is 0 Å². The van der Waals surface area contributed by atoms with Gasteiger partial charge in [-0.25, -0.2) is 4.68 Å². The molecule has 1 fully saturated rings. The number of oxime groups is 1. The number of fused-ring (bicyclic) bond motifs is 2. The first kappa shape index (κ1) is 19.9. The third kappa shape index (κ3) is 3.42. The zero-order valence-electron chi connectivity index (χ0n) is 18.2. The molecule has 5 rings (SSSR count). The van der Waals surface area contributed by atoms with E-state index in [-0.39, 0.29) is 22.9 Å². The number of aromatic hydroxyl groups is 1. The zero-order valence-corrected chi connectivity index (χ0v) is 18.2. The van der Waals surface area contributed by atoms with Crippen LogP contribution in [0.5, 0.6) is 5.75 Å². The zero-order chi connectivity index (χ0) is 22.0.